The van der Waals surface area contributed by atoms with Crippen LogP contribution in [0.15, 0.2) is 66.9 Å². The van der Waals surface area contributed by atoms with Crippen molar-refractivity contribution < 1.29 is 38.3 Å². The van der Waals surface area contributed by atoms with Crippen LogP contribution in [0.3, 0.4) is 0 Å². The highest BCUT2D eigenvalue weighted by molar-refractivity contribution is 8.09. The van der Waals surface area contributed by atoms with Gasteiger partial charge in [-0.2, -0.15) is 0 Å². The number of nitro benzene ring substituents is 1. The van der Waals surface area contributed by atoms with Gasteiger partial charge in [-0.05, 0) is 42.3 Å². The molecule has 39 heavy (non-hydrogen) atoms. The monoisotopic (exact) mass is 552 g/mol. The van der Waals surface area contributed by atoms with E-state index in [4.69, 9.17) is 14.2 Å². The van der Waals surface area contributed by atoms with Gasteiger partial charge in [0.2, 0.25) is 5.91 Å². The van der Waals surface area contributed by atoms with Crippen molar-refractivity contribution >= 4 is 46.2 Å². The SMILES string of the molecule is C=CCOC(=O)c1cccc(C2=C(C(=O)OCc3ccc([N+](=O)[O-])cc3)N3C(=O)[C@H]([C@@H](C)OC(C)=O)[C@H]3S2)c1. The summed E-state index contributed by atoms with van der Waals surface area (Å²) in [5.74, 6) is -2.98. The van der Waals surface area contributed by atoms with Gasteiger partial charge in [0.15, 0.2) is 0 Å². The number of benzene rings is 2. The molecule has 0 aromatic heterocycles. The molecular formula is C27H24N2O9S. The number of nitro groups is 1. The fourth-order valence-electron chi connectivity index (χ4n) is 4.24. The van der Waals surface area contributed by atoms with Crippen molar-refractivity contribution in [1.82, 2.24) is 4.90 Å². The fourth-order valence-corrected chi connectivity index (χ4v) is 5.83. The summed E-state index contributed by atoms with van der Waals surface area (Å²) < 4.78 is 15.8. The maximum Gasteiger partial charge on any atom is 0.356 e. The van der Waals surface area contributed by atoms with Crippen LogP contribution in [0.25, 0.3) is 4.91 Å². The molecule has 12 heteroatoms. The second kappa shape index (κ2) is 11.5. The van der Waals surface area contributed by atoms with Gasteiger partial charge in [0, 0.05) is 24.0 Å². The maximum absolute atomic E-state index is 13.3. The van der Waals surface area contributed by atoms with Gasteiger partial charge in [0.25, 0.3) is 5.69 Å². The lowest BCUT2D eigenvalue weighted by molar-refractivity contribution is -0.384. The molecule has 4 rings (SSSR count). The molecule has 11 nitrogen and oxygen atoms in total. The number of ether oxygens (including phenoxy) is 3. The van der Waals surface area contributed by atoms with Crippen molar-refractivity contribution in [2.45, 2.75) is 31.9 Å². The summed E-state index contributed by atoms with van der Waals surface area (Å²) in [4.78, 5) is 62.5. The minimum Gasteiger partial charge on any atom is -0.462 e. The lowest BCUT2D eigenvalue weighted by Gasteiger charge is -2.44. The Balaban J connectivity index is 1.63. The molecule has 2 aromatic carbocycles. The molecular weight excluding hydrogens is 528 g/mol. The van der Waals surface area contributed by atoms with E-state index in [2.05, 4.69) is 6.58 Å². The number of thioether (sulfide) groups is 1. The van der Waals surface area contributed by atoms with Crippen molar-refractivity contribution in [2.24, 2.45) is 5.92 Å². The molecule has 0 unspecified atom stereocenters. The van der Waals surface area contributed by atoms with E-state index in [-0.39, 0.29) is 30.2 Å². The second-order valence-electron chi connectivity index (χ2n) is 8.70. The van der Waals surface area contributed by atoms with Gasteiger partial charge in [0.1, 0.15) is 36.3 Å². The Morgan fingerprint density at radius 3 is 2.51 bits per heavy atom. The Morgan fingerprint density at radius 2 is 1.87 bits per heavy atom. The summed E-state index contributed by atoms with van der Waals surface area (Å²) in [6.07, 6.45) is 0.720. The third-order valence-electron chi connectivity index (χ3n) is 6.04. The summed E-state index contributed by atoms with van der Waals surface area (Å²) in [7, 11) is 0. The molecule has 1 amide bonds. The first-order chi connectivity index (χ1) is 18.6. The number of hydrogen-bond acceptors (Lipinski definition) is 10. The zero-order chi connectivity index (χ0) is 28.3. The zero-order valence-electron chi connectivity index (χ0n) is 21.0. The molecule has 2 heterocycles. The van der Waals surface area contributed by atoms with Crippen LogP contribution in [0.2, 0.25) is 0 Å². The van der Waals surface area contributed by atoms with E-state index in [0.29, 0.717) is 16.0 Å². The summed E-state index contributed by atoms with van der Waals surface area (Å²) in [5, 5.41) is 10.4. The second-order valence-corrected chi connectivity index (χ2v) is 9.83. The van der Waals surface area contributed by atoms with Gasteiger partial charge in [-0.1, -0.05) is 36.5 Å². The number of fused-ring (bicyclic) bond motifs is 1. The number of non-ortho nitro benzene ring substituents is 1. The van der Waals surface area contributed by atoms with Gasteiger partial charge in [-0.3, -0.25) is 24.6 Å². The van der Waals surface area contributed by atoms with E-state index >= 15 is 0 Å². The molecule has 0 radical (unpaired) electrons. The van der Waals surface area contributed by atoms with Crippen LogP contribution in [0.1, 0.15) is 35.3 Å². The Kier molecular flexibility index (Phi) is 8.15. The lowest BCUT2D eigenvalue weighted by atomic mass is 9.91. The van der Waals surface area contributed by atoms with Gasteiger partial charge in [0.05, 0.1) is 10.5 Å². The molecule has 0 spiro atoms. The number of carbonyl (C=O) groups is 4. The standard InChI is InChI=1S/C27H24N2O9S/c1-4-12-36-26(32)19-7-5-6-18(13-19)23-22(27(33)37-14-17-8-10-20(11-9-17)29(34)35)28-24(31)21(25(28)39-23)15(2)38-16(3)30/h4-11,13,15,21,25H,1,12,14H2,2-3H3/t15-,21+,25-/m1/s1. The number of carbonyl (C=O) groups excluding carboxylic acids is 4. The van der Waals surface area contributed by atoms with Crippen molar-refractivity contribution in [3.8, 4) is 0 Å². The summed E-state index contributed by atoms with van der Waals surface area (Å²) in [6, 6.07) is 12.0. The highest BCUT2D eigenvalue weighted by Gasteiger charge is 2.59. The first-order valence-electron chi connectivity index (χ1n) is 11.8. The molecule has 0 aliphatic carbocycles. The normalized spacial score (nSPS) is 18.5. The Morgan fingerprint density at radius 1 is 1.15 bits per heavy atom. The van der Waals surface area contributed by atoms with Gasteiger partial charge in [-0.25, -0.2) is 9.59 Å². The molecule has 0 bridgehead atoms. The highest BCUT2D eigenvalue weighted by atomic mass is 32.2. The minimum atomic E-state index is -0.787. The van der Waals surface area contributed by atoms with Crippen LogP contribution in [0.4, 0.5) is 5.69 Å². The average Bonchev–Trinajstić information content (AvgIpc) is 3.25. The molecule has 0 N–H and O–H groups in total. The highest BCUT2D eigenvalue weighted by Crippen LogP contribution is 2.54. The molecule has 1 fully saturated rings. The molecule has 2 aliphatic heterocycles. The fraction of sp³-hybridized carbons (Fsp3) is 0.259. The molecule has 202 valence electrons. The number of rotatable bonds is 10. The van der Waals surface area contributed by atoms with Crippen molar-refractivity contribution in [3.05, 3.63) is 93.7 Å². The van der Waals surface area contributed by atoms with Crippen LogP contribution < -0.4 is 0 Å². The van der Waals surface area contributed by atoms with Crippen LogP contribution >= 0.6 is 11.8 Å². The maximum atomic E-state index is 13.3. The summed E-state index contributed by atoms with van der Waals surface area (Å²) >= 11 is 1.23. The van der Waals surface area contributed by atoms with Crippen molar-refractivity contribution in [3.63, 3.8) is 0 Å². The van der Waals surface area contributed by atoms with Crippen molar-refractivity contribution in [2.75, 3.05) is 6.61 Å². The summed E-state index contributed by atoms with van der Waals surface area (Å²) in [5.41, 5.74) is 1.15. The van der Waals surface area contributed by atoms with E-state index in [1.165, 1.54) is 53.9 Å². The smallest absolute Gasteiger partial charge is 0.356 e. The van der Waals surface area contributed by atoms with Crippen LogP contribution in [-0.4, -0.2) is 51.7 Å². The topological polar surface area (TPSA) is 142 Å². The van der Waals surface area contributed by atoms with E-state index in [1.54, 1.807) is 31.2 Å². The summed E-state index contributed by atoms with van der Waals surface area (Å²) in [6.45, 7) is 6.22. The van der Waals surface area contributed by atoms with Crippen LogP contribution in [-0.2, 0) is 35.2 Å². The average molecular weight is 553 g/mol. The number of esters is 3. The quantitative estimate of drug-likeness (QED) is 0.107. The molecule has 1 saturated heterocycles. The lowest BCUT2D eigenvalue weighted by Crippen LogP contribution is -2.61. The van der Waals surface area contributed by atoms with Crippen LogP contribution in [0, 0.1) is 16.0 Å². The third-order valence-corrected chi connectivity index (χ3v) is 7.45. The molecule has 2 aliphatic rings. The van der Waals surface area contributed by atoms with Gasteiger partial charge >= 0.3 is 17.9 Å². The predicted octanol–water partition coefficient (Wildman–Crippen LogP) is 3.83. The molecule has 0 saturated carbocycles. The molecule has 3 atom stereocenters. The predicted molar refractivity (Wildman–Crippen MR) is 140 cm³/mol. The number of β-lactam (4-membered cyclic amide) rings is 1. The van der Waals surface area contributed by atoms with E-state index in [1.807, 2.05) is 0 Å². The Labute approximate surface area is 227 Å². The first-order valence-corrected chi connectivity index (χ1v) is 12.7. The van der Waals surface area contributed by atoms with Gasteiger partial charge < -0.3 is 14.2 Å². The number of amides is 1. The number of nitrogens with zero attached hydrogens (tertiary/aromatic N) is 2. The minimum absolute atomic E-state index is 0.000189. The van der Waals surface area contributed by atoms with E-state index in [9.17, 15) is 29.3 Å². The Hall–Kier alpha value is -4.45. The van der Waals surface area contributed by atoms with Crippen LogP contribution in [0.5, 0.6) is 0 Å². The third kappa shape index (κ3) is 5.70. The van der Waals surface area contributed by atoms with E-state index in [0.717, 1.165) is 0 Å². The Bertz CT molecular complexity index is 1390. The van der Waals surface area contributed by atoms with E-state index < -0.39 is 46.1 Å². The van der Waals surface area contributed by atoms with Gasteiger partial charge in [-0.15, -0.1) is 0 Å². The molecule has 2 aromatic rings. The number of hydrogen-bond donors (Lipinski definition) is 0. The van der Waals surface area contributed by atoms with Crippen molar-refractivity contribution in [1.29, 1.82) is 0 Å². The zero-order valence-corrected chi connectivity index (χ0v) is 21.8. The first kappa shape index (κ1) is 27.6. The largest absolute Gasteiger partial charge is 0.462 e.